The molecule has 3 nitrogen and oxygen atoms in total. The third-order valence-electron chi connectivity index (χ3n) is 4.15. The number of hydrogen-bond acceptors (Lipinski definition) is 3. The summed E-state index contributed by atoms with van der Waals surface area (Å²) in [5.74, 6) is 1.14. The maximum Gasteiger partial charge on any atom is 0.161 e. The van der Waals surface area contributed by atoms with Gasteiger partial charge in [-0.25, -0.2) is 0 Å². The Hall–Kier alpha value is -0.900. The summed E-state index contributed by atoms with van der Waals surface area (Å²) < 4.78 is 10.9. The Balaban J connectivity index is 1.98. The average Bonchev–Trinajstić information content (AvgIpc) is 2.84. The monoisotopic (exact) mass is 263 g/mol. The van der Waals surface area contributed by atoms with Crippen LogP contribution in [0.5, 0.6) is 0 Å². The van der Waals surface area contributed by atoms with Gasteiger partial charge in [0, 0.05) is 39.8 Å². The molecule has 2 unspecified atom stereocenters. The normalized spacial score (nSPS) is 24.2. The van der Waals surface area contributed by atoms with E-state index in [-0.39, 0.29) is 6.29 Å². The van der Waals surface area contributed by atoms with Crippen LogP contribution in [0, 0.1) is 11.8 Å². The van der Waals surface area contributed by atoms with Crippen LogP contribution in [0.4, 0.5) is 0 Å². The van der Waals surface area contributed by atoms with Crippen molar-refractivity contribution in [2.75, 3.05) is 27.3 Å². The molecule has 1 heterocycles. The van der Waals surface area contributed by atoms with Gasteiger partial charge in [-0.05, 0) is 11.5 Å². The number of methoxy groups -OCH3 is 2. The highest BCUT2D eigenvalue weighted by atomic mass is 16.7. The molecule has 1 aliphatic heterocycles. The molecule has 0 amide bonds. The molecule has 2 rings (SSSR count). The number of rotatable bonds is 6. The van der Waals surface area contributed by atoms with Crippen LogP contribution >= 0.6 is 0 Å². The Labute approximate surface area is 116 Å². The van der Waals surface area contributed by atoms with Gasteiger partial charge in [-0.1, -0.05) is 43.7 Å². The van der Waals surface area contributed by atoms with E-state index in [4.69, 9.17) is 9.47 Å². The van der Waals surface area contributed by atoms with E-state index in [1.165, 1.54) is 12.0 Å². The summed E-state index contributed by atoms with van der Waals surface area (Å²) in [4.78, 5) is 2.51. The first-order chi connectivity index (χ1) is 9.28. The fourth-order valence-corrected chi connectivity index (χ4v) is 3.15. The first-order valence-electron chi connectivity index (χ1n) is 7.10. The van der Waals surface area contributed by atoms with Gasteiger partial charge in [0.2, 0.25) is 0 Å². The molecule has 2 atom stereocenters. The quantitative estimate of drug-likeness (QED) is 0.737. The molecule has 0 bridgehead atoms. The molecule has 0 aromatic heterocycles. The Morgan fingerprint density at radius 2 is 1.84 bits per heavy atom. The zero-order chi connectivity index (χ0) is 13.7. The minimum absolute atomic E-state index is 0.0780. The molecule has 1 aromatic rings. The molecule has 3 heteroatoms. The van der Waals surface area contributed by atoms with E-state index < -0.39 is 0 Å². The third kappa shape index (κ3) is 3.56. The smallest absolute Gasteiger partial charge is 0.161 e. The number of hydrogen-bond donors (Lipinski definition) is 0. The summed E-state index contributed by atoms with van der Waals surface area (Å²) in [6.07, 6.45) is 1.10. The second-order valence-electron chi connectivity index (χ2n) is 5.35. The number of ether oxygens (including phenoxy) is 2. The van der Waals surface area contributed by atoms with Crippen molar-refractivity contribution < 1.29 is 9.47 Å². The number of likely N-dealkylation sites (tertiary alicyclic amines) is 1. The lowest BCUT2D eigenvalue weighted by Crippen LogP contribution is -2.31. The Kier molecular flexibility index (Phi) is 5.37. The summed E-state index contributed by atoms with van der Waals surface area (Å²) in [5, 5.41) is 0. The van der Waals surface area contributed by atoms with E-state index in [2.05, 4.69) is 42.2 Å². The lowest BCUT2D eigenvalue weighted by atomic mass is 9.93. The minimum Gasteiger partial charge on any atom is -0.356 e. The van der Waals surface area contributed by atoms with Crippen molar-refractivity contribution in [1.82, 2.24) is 4.90 Å². The Morgan fingerprint density at radius 3 is 2.42 bits per heavy atom. The molecule has 0 N–H and O–H groups in total. The van der Waals surface area contributed by atoms with E-state index >= 15 is 0 Å². The first-order valence-corrected chi connectivity index (χ1v) is 7.10. The summed E-state index contributed by atoms with van der Waals surface area (Å²) in [5.41, 5.74) is 1.38. The van der Waals surface area contributed by atoms with Gasteiger partial charge in [0.25, 0.3) is 0 Å². The van der Waals surface area contributed by atoms with Crippen LogP contribution < -0.4 is 0 Å². The van der Waals surface area contributed by atoms with Crippen LogP contribution in [-0.4, -0.2) is 38.5 Å². The van der Waals surface area contributed by atoms with Gasteiger partial charge in [0.1, 0.15) is 0 Å². The molecule has 1 saturated heterocycles. The Bertz CT molecular complexity index is 364. The first kappa shape index (κ1) is 14.5. The molecule has 1 aliphatic rings. The van der Waals surface area contributed by atoms with Crippen molar-refractivity contribution in [3.63, 3.8) is 0 Å². The summed E-state index contributed by atoms with van der Waals surface area (Å²) in [7, 11) is 3.47. The van der Waals surface area contributed by atoms with Gasteiger partial charge in [0.05, 0.1) is 0 Å². The third-order valence-corrected chi connectivity index (χ3v) is 4.15. The largest absolute Gasteiger partial charge is 0.356 e. The van der Waals surface area contributed by atoms with Gasteiger partial charge in [-0.3, -0.25) is 4.90 Å². The van der Waals surface area contributed by atoms with Crippen LogP contribution in [0.2, 0.25) is 0 Å². The maximum atomic E-state index is 5.47. The van der Waals surface area contributed by atoms with Crippen molar-refractivity contribution in [1.29, 1.82) is 0 Å². The van der Waals surface area contributed by atoms with Gasteiger partial charge >= 0.3 is 0 Å². The molecule has 106 valence electrons. The lowest BCUT2D eigenvalue weighted by molar-refractivity contribution is -0.142. The molecule has 19 heavy (non-hydrogen) atoms. The summed E-state index contributed by atoms with van der Waals surface area (Å²) in [6, 6.07) is 10.7. The number of benzene rings is 1. The molecule has 0 spiro atoms. The highest BCUT2D eigenvalue weighted by Crippen LogP contribution is 2.31. The fourth-order valence-electron chi connectivity index (χ4n) is 3.15. The molecule has 0 radical (unpaired) electrons. The fraction of sp³-hybridized carbons (Fsp3) is 0.625. The Morgan fingerprint density at radius 1 is 1.16 bits per heavy atom. The van der Waals surface area contributed by atoms with Gasteiger partial charge in [-0.15, -0.1) is 0 Å². The summed E-state index contributed by atoms with van der Waals surface area (Å²) >= 11 is 0. The molecular weight excluding hydrogens is 238 g/mol. The van der Waals surface area contributed by atoms with E-state index in [0.717, 1.165) is 19.6 Å². The van der Waals surface area contributed by atoms with Crippen LogP contribution in [0.25, 0.3) is 0 Å². The second kappa shape index (κ2) is 7.04. The topological polar surface area (TPSA) is 21.7 Å². The van der Waals surface area contributed by atoms with Gasteiger partial charge < -0.3 is 9.47 Å². The molecular formula is C16H25NO2. The van der Waals surface area contributed by atoms with Crippen LogP contribution in [0.3, 0.4) is 0 Å². The van der Waals surface area contributed by atoms with Gasteiger partial charge in [-0.2, -0.15) is 0 Å². The van der Waals surface area contributed by atoms with E-state index in [9.17, 15) is 0 Å². The molecule has 1 aromatic carbocycles. The van der Waals surface area contributed by atoms with Crippen molar-refractivity contribution in [3.8, 4) is 0 Å². The maximum absolute atomic E-state index is 5.47. The SMILES string of the molecule is CCC1CN(Cc2ccccc2)CC1C(OC)OC. The summed E-state index contributed by atoms with van der Waals surface area (Å²) in [6.45, 7) is 5.47. The average molecular weight is 263 g/mol. The highest BCUT2D eigenvalue weighted by Gasteiger charge is 2.37. The predicted molar refractivity (Wildman–Crippen MR) is 76.8 cm³/mol. The predicted octanol–water partition coefficient (Wildman–Crippen LogP) is 2.76. The molecule has 0 aliphatic carbocycles. The van der Waals surface area contributed by atoms with Crippen molar-refractivity contribution in [3.05, 3.63) is 35.9 Å². The van der Waals surface area contributed by atoms with Gasteiger partial charge in [0.15, 0.2) is 6.29 Å². The minimum atomic E-state index is -0.0780. The van der Waals surface area contributed by atoms with Crippen molar-refractivity contribution >= 4 is 0 Å². The molecule has 0 saturated carbocycles. The standard InChI is InChI=1S/C16H25NO2/c1-4-14-11-17(10-13-8-6-5-7-9-13)12-15(14)16(18-2)19-3/h5-9,14-16H,4,10-12H2,1-3H3. The second-order valence-corrected chi connectivity index (χ2v) is 5.35. The zero-order valence-electron chi connectivity index (χ0n) is 12.2. The zero-order valence-corrected chi connectivity index (χ0v) is 12.2. The van der Waals surface area contributed by atoms with E-state index in [1.807, 2.05) is 0 Å². The van der Waals surface area contributed by atoms with Crippen LogP contribution in [0.1, 0.15) is 18.9 Å². The van der Waals surface area contributed by atoms with E-state index in [0.29, 0.717) is 11.8 Å². The van der Waals surface area contributed by atoms with E-state index in [1.54, 1.807) is 14.2 Å². The number of nitrogens with zero attached hydrogens (tertiary/aromatic N) is 1. The molecule has 1 fully saturated rings. The van der Waals surface area contributed by atoms with Crippen molar-refractivity contribution in [2.24, 2.45) is 11.8 Å². The van der Waals surface area contributed by atoms with Crippen LogP contribution in [0.15, 0.2) is 30.3 Å². The highest BCUT2D eigenvalue weighted by molar-refractivity contribution is 5.14. The van der Waals surface area contributed by atoms with Crippen LogP contribution in [-0.2, 0) is 16.0 Å². The van der Waals surface area contributed by atoms with Crippen molar-refractivity contribution in [2.45, 2.75) is 26.2 Å². The lowest BCUT2D eigenvalue weighted by Gasteiger charge is -2.24.